The molecule has 4 rings (SSSR count). The maximum atomic E-state index is 6.60. The maximum Gasteiger partial charge on any atom is 0.555 e. The van der Waals surface area contributed by atoms with Gasteiger partial charge in [0.25, 0.3) is 0 Å². The fraction of sp³-hybridized carbons (Fsp3) is 0.636. The molecule has 0 N–H and O–H groups in total. The molecule has 0 aliphatic heterocycles. The lowest BCUT2D eigenvalue weighted by molar-refractivity contribution is 0.0504. The summed E-state index contributed by atoms with van der Waals surface area (Å²) in [6, 6.07) is 1.86. The highest BCUT2D eigenvalue weighted by atomic mass is 35.8. The van der Waals surface area contributed by atoms with Gasteiger partial charge >= 0.3 is 12.5 Å². The number of halogens is 6. The molecule has 11 heteroatoms. The highest BCUT2D eigenvalue weighted by molar-refractivity contribution is 7.62. The van der Waals surface area contributed by atoms with Crippen LogP contribution in [0.25, 0.3) is 11.0 Å². The minimum absolute atomic E-state index is 0.0411. The molecule has 3 nitrogen and oxygen atoms in total. The number of hydrogen-bond acceptors (Lipinski definition) is 3. The first-order valence-corrected chi connectivity index (χ1v) is 21.0. The largest absolute Gasteiger partial charge is 0.555 e. The number of aryl methyl sites for hydroxylation is 1. The average molecular weight is 609 g/mol. The summed E-state index contributed by atoms with van der Waals surface area (Å²) in [6.45, 7) is 11.3. The van der Waals surface area contributed by atoms with Gasteiger partial charge in [-0.1, -0.05) is 101 Å². The van der Waals surface area contributed by atoms with Crippen LogP contribution in [0.15, 0.2) is 10.5 Å². The molecule has 1 aromatic heterocycles. The molecule has 1 fully saturated rings. The Kier molecular flexibility index (Phi) is 7.11. The summed E-state index contributed by atoms with van der Waals surface area (Å²) < 4.78 is 18.2. The van der Waals surface area contributed by atoms with Crippen molar-refractivity contribution in [1.29, 1.82) is 0 Å². The molecule has 3 atom stereocenters. The van der Waals surface area contributed by atoms with Gasteiger partial charge in [0, 0.05) is 22.4 Å². The van der Waals surface area contributed by atoms with Crippen molar-refractivity contribution in [1.82, 2.24) is 0 Å². The fourth-order valence-corrected chi connectivity index (χ4v) is 8.75. The molecule has 2 aliphatic rings. The van der Waals surface area contributed by atoms with E-state index in [0.29, 0.717) is 17.1 Å². The zero-order chi connectivity index (χ0) is 24.6. The Labute approximate surface area is 225 Å². The number of fused-ring (bicyclic) bond motifs is 5. The van der Waals surface area contributed by atoms with E-state index in [1.165, 1.54) is 24.8 Å². The van der Waals surface area contributed by atoms with Gasteiger partial charge in [-0.2, -0.15) is 0 Å². The van der Waals surface area contributed by atoms with Gasteiger partial charge < -0.3 is 13.3 Å². The van der Waals surface area contributed by atoms with Crippen molar-refractivity contribution in [2.24, 2.45) is 11.3 Å². The maximum absolute atomic E-state index is 6.60. The fourth-order valence-electron chi connectivity index (χ4n) is 6.42. The van der Waals surface area contributed by atoms with Crippen molar-refractivity contribution >= 4 is 89.9 Å². The molecule has 2 aromatic rings. The van der Waals surface area contributed by atoms with Gasteiger partial charge in [-0.15, -0.1) is 0 Å². The van der Waals surface area contributed by atoms with Crippen molar-refractivity contribution in [3.05, 3.63) is 23.0 Å². The zero-order valence-electron chi connectivity index (χ0n) is 19.3. The molecule has 0 radical (unpaired) electrons. The van der Waals surface area contributed by atoms with Gasteiger partial charge in [-0.25, -0.2) is 0 Å². The summed E-state index contributed by atoms with van der Waals surface area (Å²) in [5, 5.41) is 0.970. The molecule has 2 aliphatic carbocycles. The average Bonchev–Trinajstić information content (AvgIpc) is 2.97. The normalized spacial score (nSPS) is 27.6. The van der Waals surface area contributed by atoms with Crippen LogP contribution in [0.5, 0.6) is 11.5 Å². The minimum Gasteiger partial charge on any atom is -0.505 e. The van der Waals surface area contributed by atoms with Crippen LogP contribution in [-0.4, -0.2) is 12.5 Å². The van der Waals surface area contributed by atoms with Crippen molar-refractivity contribution < 1.29 is 13.3 Å². The van der Waals surface area contributed by atoms with Gasteiger partial charge in [-0.3, -0.25) is 0 Å². The summed E-state index contributed by atoms with van der Waals surface area (Å²) >= 11 is 36.7. The Hall–Kier alpha value is 0.534. The van der Waals surface area contributed by atoms with Crippen molar-refractivity contribution in [3.63, 3.8) is 0 Å². The van der Waals surface area contributed by atoms with Gasteiger partial charge in [0.2, 0.25) is 0 Å². The topological polar surface area (TPSA) is 31.6 Å². The zero-order valence-corrected chi connectivity index (χ0v) is 25.8. The highest BCUT2D eigenvalue weighted by Gasteiger charge is 2.51. The van der Waals surface area contributed by atoms with Crippen LogP contribution in [0, 0.1) is 18.3 Å². The van der Waals surface area contributed by atoms with E-state index in [0.717, 1.165) is 24.0 Å². The molecule has 1 saturated carbocycles. The van der Waals surface area contributed by atoms with Crippen LogP contribution in [0.1, 0.15) is 82.6 Å². The van der Waals surface area contributed by atoms with Crippen LogP contribution >= 0.6 is 66.5 Å². The summed E-state index contributed by atoms with van der Waals surface area (Å²) in [5.74, 6) is 2.37. The second kappa shape index (κ2) is 8.83. The van der Waals surface area contributed by atoms with Crippen LogP contribution in [0.2, 0.25) is 0 Å². The second-order valence-electron chi connectivity index (χ2n) is 10.4. The number of furan rings is 1. The van der Waals surface area contributed by atoms with Crippen LogP contribution in [0.3, 0.4) is 0 Å². The first kappa shape index (κ1) is 26.6. The first-order chi connectivity index (χ1) is 15.0. The SMILES string of the molecule is Cc1c(O[Si](Cl)(Cl)Cl)c(O[Si](Cl)(Cl)Cl)cc2c3c(oc12)C(C)CC[C@@H]1C(C)(C)CCC[C@@]31C. The third kappa shape index (κ3) is 5.05. The van der Waals surface area contributed by atoms with Crippen molar-refractivity contribution in [3.8, 4) is 11.5 Å². The Morgan fingerprint density at radius 2 is 1.61 bits per heavy atom. The molecule has 0 amide bonds. The van der Waals surface area contributed by atoms with E-state index in [4.69, 9.17) is 79.7 Å². The Morgan fingerprint density at radius 3 is 2.21 bits per heavy atom. The van der Waals surface area contributed by atoms with Gasteiger partial charge in [0.05, 0.1) is 0 Å². The molecule has 1 heterocycles. The van der Waals surface area contributed by atoms with Gasteiger partial charge in [0.1, 0.15) is 17.1 Å². The molecule has 1 unspecified atom stereocenters. The Bertz CT molecular complexity index is 1070. The smallest absolute Gasteiger partial charge is 0.505 e. The number of rotatable bonds is 4. The van der Waals surface area contributed by atoms with Crippen molar-refractivity contribution in [2.75, 3.05) is 0 Å². The third-order valence-electron chi connectivity index (χ3n) is 7.73. The third-order valence-corrected chi connectivity index (χ3v) is 10.0. The Balaban J connectivity index is 2.03. The summed E-state index contributed by atoms with van der Waals surface area (Å²) in [6.07, 6.45) is -1.34. The van der Waals surface area contributed by atoms with Gasteiger partial charge in [-0.05, 0) is 55.4 Å². The summed E-state index contributed by atoms with van der Waals surface area (Å²) in [5.41, 5.74) is 2.84. The number of hydrogen-bond donors (Lipinski definition) is 0. The predicted octanol–water partition coefficient (Wildman–Crippen LogP) is 9.78. The predicted molar refractivity (Wildman–Crippen MR) is 145 cm³/mol. The summed E-state index contributed by atoms with van der Waals surface area (Å²) in [7, 11) is 0. The standard InChI is InChI=1S/C22H28Cl6O3Si2/c1-12-7-8-16-21(3,4)9-6-10-22(16,5)17-14-11-15(30-32(23,24)25)20(31-33(26,27)28)13(2)19(14)29-18(12)17/h11-12,16H,6-10H2,1-5H3/t12?,16-,22-/m1/s1. The molecule has 33 heavy (non-hydrogen) atoms. The lowest BCUT2D eigenvalue weighted by Crippen LogP contribution is -2.44. The molecule has 1 aromatic carbocycles. The molecule has 0 spiro atoms. The number of benzene rings is 1. The van der Waals surface area contributed by atoms with E-state index >= 15 is 0 Å². The molecule has 0 bridgehead atoms. The monoisotopic (exact) mass is 606 g/mol. The van der Waals surface area contributed by atoms with Crippen LogP contribution < -0.4 is 8.85 Å². The second-order valence-corrected chi connectivity index (χ2v) is 25.7. The summed E-state index contributed by atoms with van der Waals surface area (Å²) in [4.78, 5) is 0. The Morgan fingerprint density at radius 1 is 0.970 bits per heavy atom. The lowest BCUT2D eigenvalue weighted by atomic mass is 9.53. The highest BCUT2D eigenvalue weighted by Crippen LogP contribution is 2.60. The van der Waals surface area contributed by atoms with Crippen molar-refractivity contribution in [2.45, 2.75) is 78.1 Å². The van der Waals surface area contributed by atoms with Crippen LogP contribution in [-0.2, 0) is 5.41 Å². The first-order valence-electron chi connectivity index (χ1n) is 11.2. The molecule has 184 valence electrons. The lowest BCUT2D eigenvalue weighted by Gasteiger charge is -2.50. The van der Waals surface area contributed by atoms with E-state index in [2.05, 4.69) is 27.7 Å². The van der Waals surface area contributed by atoms with E-state index in [9.17, 15) is 0 Å². The molecular weight excluding hydrogens is 581 g/mol. The molecule has 0 saturated heterocycles. The van der Waals surface area contributed by atoms with E-state index < -0.39 is 12.5 Å². The van der Waals surface area contributed by atoms with Crippen LogP contribution in [0.4, 0.5) is 0 Å². The quantitative estimate of drug-likeness (QED) is 0.256. The van der Waals surface area contributed by atoms with Gasteiger partial charge in [0.15, 0.2) is 5.75 Å². The van der Waals surface area contributed by atoms with E-state index in [-0.39, 0.29) is 28.2 Å². The molecular formula is C22H28Cl6O3Si2. The minimum atomic E-state index is -3.54. The van der Waals surface area contributed by atoms with E-state index in [1.807, 2.05) is 13.0 Å². The van der Waals surface area contributed by atoms with E-state index in [1.54, 1.807) is 0 Å².